The highest BCUT2D eigenvalue weighted by Gasteiger charge is 2.42. The molecule has 0 bridgehead atoms. The van der Waals surface area contributed by atoms with Gasteiger partial charge in [-0.3, -0.25) is 0 Å². The second-order valence-corrected chi connectivity index (χ2v) is 11.4. The fourth-order valence-electron chi connectivity index (χ4n) is 5.66. The van der Waals surface area contributed by atoms with Crippen molar-refractivity contribution in [2.75, 3.05) is 0 Å². The topological polar surface area (TPSA) is 66.0 Å². The summed E-state index contributed by atoms with van der Waals surface area (Å²) in [6.45, 7) is 0. The SMILES string of the molecule is N#CC(C#N)=C1c2cc(OC(F)(F)F)c(-c3cc(C(F)(F)F)cc(C(F)(F)F)c3)cc2-c2cc(-c3cc(C(F)(F)F)cc(C(F)(F)F)c3)c(OC(F)(F)F)cc21. The van der Waals surface area contributed by atoms with Crippen LogP contribution in [0.5, 0.6) is 11.5 Å². The van der Waals surface area contributed by atoms with Crippen molar-refractivity contribution in [2.24, 2.45) is 0 Å². The number of benzene rings is 4. The number of allylic oxidation sites excluding steroid dienone is 1. The van der Waals surface area contributed by atoms with Crippen LogP contribution in [0.25, 0.3) is 39.0 Å². The third-order valence-corrected chi connectivity index (χ3v) is 7.79. The number of hydrogen-bond acceptors (Lipinski definition) is 4. The molecule has 22 heteroatoms. The molecule has 4 nitrogen and oxygen atoms in total. The monoisotopic (exact) mass is 820 g/mol. The third-order valence-electron chi connectivity index (χ3n) is 7.79. The molecule has 5 rings (SSSR count). The third kappa shape index (κ3) is 8.43. The molecule has 0 saturated heterocycles. The minimum Gasteiger partial charge on any atom is -0.405 e. The zero-order valence-corrected chi connectivity index (χ0v) is 26.3. The molecule has 0 atom stereocenters. The van der Waals surface area contributed by atoms with Gasteiger partial charge in [0, 0.05) is 16.7 Å². The highest BCUT2D eigenvalue weighted by Crippen LogP contribution is 2.54. The summed E-state index contributed by atoms with van der Waals surface area (Å²) in [5.74, 6) is -3.16. The van der Waals surface area contributed by atoms with Gasteiger partial charge in [-0.05, 0) is 94.0 Å². The molecule has 1 aliphatic rings. The van der Waals surface area contributed by atoms with Crippen LogP contribution in [0.4, 0.5) is 79.0 Å². The van der Waals surface area contributed by atoms with Crippen molar-refractivity contribution in [1.29, 1.82) is 10.5 Å². The van der Waals surface area contributed by atoms with E-state index < -0.39 is 127 Å². The van der Waals surface area contributed by atoms with Crippen LogP contribution in [0, 0.1) is 22.7 Å². The van der Waals surface area contributed by atoms with Crippen LogP contribution >= 0.6 is 0 Å². The van der Waals surface area contributed by atoms with E-state index in [-0.39, 0.29) is 48.5 Å². The molecule has 0 fully saturated rings. The summed E-state index contributed by atoms with van der Waals surface area (Å²) >= 11 is 0. The second kappa shape index (κ2) is 13.3. The average Bonchev–Trinajstić information content (AvgIpc) is 3.33. The van der Waals surface area contributed by atoms with E-state index in [1.165, 1.54) is 12.1 Å². The van der Waals surface area contributed by atoms with Gasteiger partial charge in [0.1, 0.15) is 29.2 Å². The Balaban J connectivity index is 1.97. The molecule has 294 valence electrons. The first-order valence-electron chi connectivity index (χ1n) is 14.4. The Bertz CT molecular complexity index is 2140. The summed E-state index contributed by atoms with van der Waals surface area (Å²) in [6.07, 6.45) is -33.8. The van der Waals surface area contributed by atoms with Crippen molar-refractivity contribution in [3.63, 3.8) is 0 Å². The molecule has 56 heavy (non-hydrogen) atoms. The van der Waals surface area contributed by atoms with Gasteiger partial charge in [-0.15, -0.1) is 26.3 Å². The van der Waals surface area contributed by atoms with E-state index in [0.717, 1.165) is 0 Å². The fraction of sp³-hybridized carbons (Fsp3) is 0.176. The highest BCUT2D eigenvalue weighted by atomic mass is 19.4. The predicted molar refractivity (Wildman–Crippen MR) is 153 cm³/mol. The van der Waals surface area contributed by atoms with Crippen molar-refractivity contribution in [1.82, 2.24) is 0 Å². The molecule has 4 aromatic carbocycles. The number of halogens is 18. The number of alkyl halides is 18. The Labute approximate surface area is 299 Å². The maximum absolute atomic E-state index is 13.7. The molecule has 0 aliphatic heterocycles. The molecular weight excluding hydrogens is 810 g/mol. The van der Waals surface area contributed by atoms with E-state index in [0.29, 0.717) is 12.1 Å². The summed E-state index contributed by atoms with van der Waals surface area (Å²) < 4.78 is 255. The van der Waals surface area contributed by atoms with E-state index in [1.807, 2.05) is 0 Å². The quantitative estimate of drug-likeness (QED) is 0.134. The molecule has 0 aromatic heterocycles. The molecule has 0 heterocycles. The first-order chi connectivity index (χ1) is 25.4. The molecule has 0 N–H and O–H groups in total. The van der Waals surface area contributed by atoms with E-state index in [2.05, 4.69) is 9.47 Å². The standard InChI is InChI=1S/C34H10F18N2O2/c35-29(36,37)16-1-13(2-17(5-16)30(38,39)40)20-7-22-23-8-21(14-3-18(31(41,42)43)6-19(4-14)32(44,45)46)27(56-34(50,51)52)10-25(23)28(15(11-53)12-54)24(22)9-26(20)55-33(47,48)49/h1-10H. The zero-order valence-electron chi connectivity index (χ0n) is 26.3. The van der Waals surface area contributed by atoms with Crippen LogP contribution in [0.1, 0.15) is 33.4 Å². The fourth-order valence-corrected chi connectivity index (χ4v) is 5.66. The lowest BCUT2D eigenvalue weighted by Crippen LogP contribution is -2.18. The molecule has 0 spiro atoms. The molecule has 1 aliphatic carbocycles. The Kier molecular flexibility index (Phi) is 9.77. The van der Waals surface area contributed by atoms with E-state index >= 15 is 0 Å². The van der Waals surface area contributed by atoms with Gasteiger partial charge in [0.2, 0.25) is 0 Å². The number of hydrogen-bond donors (Lipinski definition) is 0. The summed E-state index contributed by atoms with van der Waals surface area (Å²) in [6, 6.07) is 3.01. The van der Waals surface area contributed by atoms with Crippen molar-refractivity contribution < 1.29 is 88.5 Å². The lowest BCUT2D eigenvalue weighted by atomic mass is 9.92. The van der Waals surface area contributed by atoms with Gasteiger partial charge in [-0.2, -0.15) is 63.2 Å². The minimum absolute atomic E-state index is 0.0319. The van der Waals surface area contributed by atoms with Gasteiger partial charge in [0.15, 0.2) is 0 Å². The van der Waals surface area contributed by atoms with Gasteiger partial charge in [-0.1, -0.05) is 0 Å². The van der Waals surface area contributed by atoms with Crippen LogP contribution < -0.4 is 9.47 Å². The van der Waals surface area contributed by atoms with Gasteiger partial charge in [-0.25, -0.2) is 0 Å². The lowest BCUT2D eigenvalue weighted by Gasteiger charge is -2.19. The Morgan fingerprint density at radius 1 is 0.375 bits per heavy atom. The minimum atomic E-state index is -5.76. The Morgan fingerprint density at radius 2 is 0.661 bits per heavy atom. The number of ether oxygens (including phenoxy) is 2. The molecule has 0 radical (unpaired) electrons. The molecule has 0 amide bonds. The number of rotatable bonds is 4. The highest BCUT2D eigenvalue weighted by molar-refractivity contribution is 6.07. The largest absolute Gasteiger partial charge is 0.573 e. The van der Waals surface area contributed by atoms with Gasteiger partial charge >= 0.3 is 37.4 Å². The maximum Gasteiger partial charge on any atom is 0.573 e. The van der Waals surface area contributed by atoms with Crippen LogP contribution in [0.15, 0.2) is 66.2 Å². The lowest BCUT2D eigenvalue weighted by molar-refractivity contribution is -0.275. The van der Waals surface area contributed by atoms with E-state index in [9.17, 15) is 89.6 Å². The second-order valence-electron chi connectivity index (χ2n) is 11.4. The molecular formula is C34H10F18N2O2. The zero-order chi connectivity index (χ0) is 42.1. The van der Waals surface area contributed by atoms with Crippen molar-refractivity contribution >= 4 is 5.57 Å². The Hall–Kier alpha value is -6.06. The average molecular weight is 820 g/mol. The van der Waals surface area contributed by atoms with Crippen molar-refractivity contribution in [3.8, 4) is 57.0 Å². The van der Waals surface area contributed by atoms with Crippen LogP contribution in [0.2, 0.25) is 0 Å². The predicted octanol–water partition coefficient (Wildman–Crippen LogP) is 12.7. The first kappa shape index (κ1) is 41.1. The van der Waals surface area contributed by atoms with Crippen LogP contribution in [0.3, 0.4) is 0 Å². The van der Waals surface area contributed by atoms with E-state index in [4.69, 9.17) is 0 Å². The van der Waals surface area contributed by atoms with Crippen molar-refractivity contribution in [2.45, 2.75) is 37.4 Å². The summed E-state index contributed by atoms with van der Waals surface area (Å²) in [5, 5.41) is 19.3. The van der Waals surface area contributed by atoms with Gasteiger partial charge < -0.3 is 9.47 Å². The Morgan fingerprint density at radius 3 is 0.893 bits per heavy atom. The molecule has 0 unspecified atom stereocenters. The van der Waals surface area contributed by atoms with Crippen LogP contribution in [-0.4, -0.2) is 12.7 Å². The first-order valence-corrected chi connectivity index (χ1v) is 14.4. The number of fused-ring (bicyclic) bond motifs is 3. The summed E-state index contributed by atoms with van der Waals surface area (Å²) in [5.41, 5.74) is -18.1. The smallest absolute Gasteiger partial charge is 0.405 e. The van der Waals surface area contributed by atoms with E-state index in [1.54, 1.807) is 0 Å². The molecule has 0 saturated carbocycles. The van der Waals surface area contributed by atoms with Gasteiger partial charge in [0.25, 0.3) is 0 Å². The summed E-state index contributed by atoms with van der Waals surface area (Å²) in [4.78, 5) is 0. The van der Waals surface area contributed by atoms with Crippen LogP contribution in [-0.2, 0) is 24.7 Å². The summed E-state index contributed by atoms with van der Waals surface area (Å²) in [7, 11) is 0. The van der Waals surface area contributed by atoms with Gasteiger partial charge in [0.05, 0.1) is 22.3 Å². The van der Waals surface area contributed by atoms with Crippen molar-refractivity contribution in [3.05, 3.63) is 99.6 Å². The number of nitrogens with zero attached hydrogens (tertiary/aromatic N) is 2. The number of nitriles is 2. The normalized spacial score (nSPS) is 13.5. The maximum atomic E-state index is 13.7. The molecule has 4 aromatic rings.